The molecule has 2 nitrogen and oxygen atoms in total. The van der Waals surface area contributed by atoms with Gasteiger partial charge in [-0.3, -0.25) is 0 Å². The highest BCUT2D eigenvalue weighted by atomic mass is 28.3. The van der Waals surface area contributed by atoms with Gasteiger partial charge in [-0.05, 0) is 12.1 Å². The van der Waals surface area contributed by atoms with Gasteiger partial charge in [-0.15, -0.1) is 0 Å². The first-order chi connectivity index (χ1) is 5.41. The molecular weight excluding hydrogens is 204 g/mol. The van der Waals surface area contributed by atoms with Gasteiger partial charge in [0, 0.05) is 0 Å². The van der Waals surface area contributed by atoms with Crippen LogP contribution in [-0.4, -0.2) is 40.5 Å². The van der Waals surface area contributed by atoms with Gasteiger partial charge < -0.3 is 8.23 Å². The molecule has 0 bridgehead atoms. The molecule has 0 aromatic rings. The maximum absolute atomic E-state index is 4.77. The number of unbranched alkanes of at least 4 members (excludes halogenated alkanes) is 2. The fraction of sp³-hybridized carbons (Fsp3) is 1.00. The van der Waals surface area contributed by atoms with E-state index in [0.717, 1.165) is 0 Å². The molecular formula is C5H10O2Si4. The fourth-order valence-corrected chi connectivity index (χ4v) is 2.28. The Bertz CT molecular complexity index is 65.5. The Morgan fingerprint density at radius 1 is 0.818 bits per heavy atom. The summed E-state index contributed by atoms with van der Waals surface area (Å²) in [6.07, 6.45) is 3.80. The standard InChI is InChI=1S/C5H10O2Si4/c8-6-10-4-2-1-3-5-11-7-9/h1-5H2. The summed E-state index contributed by atoms with van der Waals surface area (Å²) in [6, 6.07) is 2.34. The van der Waals surface area contributed by atoms with E-state index in [-0.39, 0.29) is 0 Å². The van der Waals surface area contributed by atoms with E-state index >= 15 is 0 Å². The summed E-state index contributed by atoms with van der Waals surface area (Å²) in [7, 11) is 7.15. The van der Waals surface area contributed by atoms with Crippen molar-refractivity contribution in [3.8, 4) is 0 Å². The van der Waals surface area contributed by atoms with E-state index in [1.54, 1.807) is 0 Å². The Morgan fingerprint density at radius 3 is 1.64 bits per heavy atom. The Balaban J connectivity index is 2.69. The van der Waals surface area contributed by atoms with Crippen molar-refractivity contribution >= 4 is 40.5 Å². The van der Waals surface area contributed by atoms with Crippen LogP contribution in [-0.2, 0) is 8.23 Å². The predicted octanol–water partition coefficient (Wildman–Crippen LogP) is 0.432. The minimum atomic E-state index is 0.602. The Hall–Kier alpha value is 0.788. The average Bonchev–Trinajstić information content (AvgIpc) is 2.03. The summed E-state index contributed by atoms with van der Waals surface area (Å²) in [5.41, 5.74) is 0. The molecule has 0 saturated carbocycles. The Kier molecular flexibility index (Phi) is 11.6. The van der Waals surface area contributed by atoms with Gasteiger partial charge in [0.15, 0.2) is 0 Å². The van der Waals surface area contributed by atoms with Crippen LogP contribution in [0.3, 0.4) is 0 Å². The SMILES string of the molecule is [Si]O[Si]CCCCC[Si]O[Si]. The summed E-state index contributed by atoms with van der Waals surface area (Å²) in [5, 5.41) is 0. The molecule has 0 aliphatic heterocycles. The van der Waals surface area contributed by atoms with Crippen LogP contribution >= 0.6 is 0 Å². The first-order valence-electron chi connectivity index (χ1n) is 3.52. The maximum atomic E-state index is 4.77. The summed E-state index contributed by atoms with van der Waals surface area (Å²) >= 11 is 0. The van der Waals surface area contributed by atoms with Gasteiger partial charge in [0.05, 0.1) is 0 Å². The highest BCUT2D eigenvalue weighted by molar-refractivity contribution is 6.34. The molecule has 0 aromatic carbocycles. The molecule has 0 spiro atoms. The lowest BCUT2D eigenvalue weighted by atomic mass is 10.3. The van der Waals surface area contributed by atoms with E-state index in [2.05, 4.69) is 21.0 Å². The van der Waals surface area contributed by atoms with Gasteiger partial charge in [-0.25, -0.2) is 0 Å². The van der Waals surface area contributed by atoms with Crippen molar-refractivity contribution < 1.29 is 8.23 Å². The zero-order valence-electron chi connectivity index (χ0n) is 6.35. The van der Waals surface area contributed by atoms with E-state index in [1.807, 2.05) is 0 Å². The van der Waals surface area contributed by atoms with E-state index in [9.17, 15) is 0 Å². The molecule has 0 N–H and O–H groups in total. The monoisotopic (exact) mass is 214 g/mol. The van der Waals surface area contributed by atoms with Crippen molar-refractivity contribution in [2.24, 2.45) is 0 Å². The third-order valence-corrected chi connectivity index (χ3v) is 3.47. The molecule has 0 aromatic heterocycles. The molecule has 0 aliphatic carbocycles. The first-order valence-corrected chi connectivity index (χ1v) is 6.57. The molecule has 0 unspecified atom stereocenters. The summed E-state index contributed by atoms with van der Waals surface area (Å²) in [4.78, 5) is 0. The molecule has 0 rings (SSSR count). The van der Waals surface area contributed by atoms with Crippen LogP contribution in [0.2, 0.25) is 12.1 Å². The Labute approximate surface area is 80.4 Å². The minimum absolute atomic E-state index is 0.602. The van der Waals surface area contributed by atoms with Crippen molar-refractivity contribution in [2.75, 3.05) is 0 Å². The summed E-state index contributed by atoms with van der Waals surface area (Å²) in [6.45, 7) is 0. The molecule has 0 heterocycles. The second-order valence-electron chi connectivity index (χ2n) is 2.05. The maximum Gasteiger partial charge on any atom is 0.229 e. The second kappa shape index (κ2) is 10.8. The molecule has 0 atom stereocenters. The van der Waals surface area contributed by atoms with Gasteiger partial charge in [0.25, 0.3) is 0 Å². The van der Waals surface area contributed by atoms with Crippen molar-refractivity contribution in [3.63, 3.8) is 0 Å². The van der Waals surface area contributed by atoms with Crippen molar-refractivity contribution in [1.29, 1.82) is 0 Å². The topological polar surface area (TPSA) is 18.5 Å². The van der Waals surface area contributed by atoms with Gasteiger partial charge in [-0.1, -0.05) is 19.3 Å². The first kappa shape index (κ1) is 11.8. The van der Waals surface area contributed by atoms with Crippen LogP contribution in [0, 0.1) is 0 Å². The van der Waals surface area contributed by atoms with E-state index in [1.165, 1.54) is 31.4 Å². The minimum Gasteiger partial charge on any atom is -0.458 e. The highest BCUT2D eigenvalue weighted by Gasteiger charge is 1.92. The lowest BCUT2D eigenvalue weighted by Gasteiger charge is -1.97. The number of hydrogen-bond donors (Lipinski definition) is 0. The van der Waals surface area contributed by atoms with E-state index < -0.39 is 0 Å². The number of rotatable bonds is 8. The van der Waals surface area contributed by atoms with Crippen LogP contribution in [0.25, 0.3) is 0 Å². The molecule has 0 aliphatic rings. The summed E-state index contributed by atoms with van der Waals surface area (Å²) in [5.74, 6) is 0. The van der Waals surface area contributed by atoms with E-state index in [0.29, 0.717) is 19.5 Å². The molecule has 0 saturated heterocycles. The van der Waals surface area contributed by atoms with Crippen LogP contribution in [0.5, 0.6) is 0 Å². The normalized spacial score (nSPS) is 10.4. The highest BCUT2D eigenvalue weighted by Crippen LogP contribution is 2.02. The third-order valence-electron chi connectivity index (χ3n) is 1.20. The van der Waals surface area contributed by atoms with Crippen molar-refractivity contribution in [1.82, 2.24) is 0 Å². The molecule has 6 heteroatoms. The van der Waals surface area contributed by atoms with Gasteiger partial charge in [-0.2, -0.15) is 0 Å². The van der Waals surface area contributed by atoms with Crippen LogP contribution in [0.4, 0.5) is 0 Å². The van der Waals surface area contributed by atoms with Gasteiger partial charge in [0.2, 0.25) is 40.5 Å². The fourth-order valence-electron chi connectivity index (χ4n) is 0.673. The molecule has 0 amide bonds. The molecule has 0 fully saturated rings. The van der Waals surface area contributed by atoms with Gasteiger partial charge >= 0.3 is 0 Å². The average molecular weight is 214 g/mol. The smallest absolute Gasteiger partial charge is 0.229 e. The van der Waals surface area contributed by atoms with Crippen LogP contribution < -0.4 is 0 Å². The molecule has 58 valence electrons. The largest absolute Gasteiger partial charge is 0.458 e. The third kappa shape index (κ3) is 10.8. The molecule has 10 radical (unpaired) electrons. The lowest BCUT2D eigenvalue weighted by Crippen LogP contribution is -1.95. The lowest BCUT2D eigenvalue weighted by molar-refractivity contribution is 0.633. The van der Waals surface area contributed by atoms with E-state index in [4.69, 9.17) is 8.23 Å². The van der Waals surface area contributed by atoms with Crippen molar-refractivity contribution in [3.05, 3.63) is 0 Å². The zero-order chi connectivity index (χ0) is 8.36. The van der Waals surface area contributed by atoms with Crippen LogP contribution in [0.1, 0.15) is 19.3 Å². The summed E-state index contributed by atoms with van der Waals surface area (Å²) < 4.78 is 9.54. The second-order valence-corrected chi connectivity index (χ2v) is 5.26. The number of hydrogen-bond acceptors (Lipinski definition) is 2. The van der Waals surface area contributed by atoms with Crippen LogP contribution in [0.15, 0.2) is 0 Å². The van der Waals surface area contributed by atoms with Crippen molar-refractivity contribution in [2.45, 2.75) is 31.4 Å². The quantitative estimate of drug-likeness (QED) is 0.431. The molecule has 11 heavy (non-hydrogen) atoms. The Morgan fingerprint density at radius 2 is 1.27 bits per heavy atom. The predicted molar refractivity (Wildman–Crippen MR) is 48.7 cm³/mol. The zero-order valence-corrected chi connectivity index (χ0v) is 10.4. The van der Waals surface area contributed by atoms with Gasteiger partial charge in [0.1, 0.15) is 0 Å².